The fourth-order valence-corrected chi connectivity index (χ4v) is 3.65. The lowest BCUT2D eigenvalue weighted by Gasteiger charge is -2.18. The van der Waals surface area contributed by atoms with Gasteiger partial charge in [-0.25, -0.2) is 9.78 Å². The number of hydrogen-bond donors (Lipinski definition) is 1. The summed E-state index contributed by atoms with van der Waals surface area (Å²) in [6.07, 6.45) is -3.48. The monoisotopic (exact) mass is 445 g/mol. The van der Waals surface area contributed by atoms with Crippen LogP contribution in [0.25, 0.3) is 10.9 Å². The molecule has 1 aromatic carbocycles. The molecule has 1 atom stereocenters. The molecule has 146 valence electrons. The number of nitrogens with one attached hydrogen (secondary N) is 1. The molecule has 5 nitrogen and oxygen atoms in total. The first kappa shape index (κ1) is 19.9. The molecule has 1 aromatic heterocycles. The first-order valence-corrected chi connectivity index (χ1v) is 9.26. The Morgan fingerprint density at radius 2 is 2.19 bits per heavy atom. The van der Waals surface area contributed by atoms with E-state index >= 15 is 0 Å². The minimum Gasteiger partial charge on any atom is -0.464 e. The summed E-state index contributed by atoms with van der Waals surface area (Å²) in [5.74, 6) is -0.440. The summed E-state index contributed by atoms with van der Waals surface area (Å²) in [6.45, 7) is 0.465. The maximum atomic E-state index is 12.5. The smallest absolute Gasteiger partial charge is 0.401 e. The van der Waals surface area contributed by atoms with Gasteiger partial charge >= 0.3 is 12.1 Å². The van der Waals surface area contributed by atoms with Gasteiger partial charge in [0.2, 0.25) is 0 Å². The Bertz CT molecular complexity index is 844. The standard InChI is InChI=1S/C18H19BrF3N3O2/c1-27-17(26)16-7-15(13-6-12(19)2-3-14(13)24-16)23-8-11-4-5-25(9-11)10-18(20,21)22/h2-3,6-7,11H,4-5,8-10H2,1H3,(H,23,24). The summed E-state index contributed by atoms with van der Waals surface area (Å²) in [4.78, 5) is 17.6. The fraction of sp³-hybridized carbons (Fsp3) is 0.444. The van der Waals surface area contributed by atoms with E-state index in [2.05, 4.69) is 26.2 Å². The second kappa shape index (κ2) is 8.02. The van der Waals surface area contributed by atoms with E-state index in [4.69, 9.17) is 4.74 Å². The summed E-state index contributed by atoms with van der Waals surface area (Å²) < 4.78 is 43.2. The van der Waals surface area contributed by atoms with Crippen LogP contribution in [0.5, 0.6) is 0 Å². The van der Waals surface area contributed by atoms with Crippen molar-refractivity contribution in [1.82, 2.24) is 9.88 Å². The van der Waals surface area contributed by atoms with E-state index in [0.717, 1.165) is 9.86 Å². The van der Waals surface area contributed by atoms with Gasteiger partial charge in [0.15, 0.2) is 5.69 Å². The number of alkyl halides is 3. The van der Waals surface area contributed by atoms with Gasteiger partial charge < -0.3 is 10.1 Å². The van der Waals surface area contributed by atoms with Crippen molar-refractivity contribution in [2.24, 2.45) is 5.92 Å². The molecule has 9 heteroatoms. The van der Waals surface area contributed by atoms with E-state index in [-0.39, 0.29) is 11.6 Å². The number of methoxy groups -OCH3 is 1. The van der Waals surface area contributed by atoms with Gasteiger partial charge in [-0.2, -0.15) is 13.2 Å². The lowest BCUT2D eigenvalue weighted by Crippen LogP contribution is -2.33. The Morgan fingerprint density at radius 3 is 2.89 bits per heavy atom. The van der Waals surface area contributed by atoms with Crippen LogP contribution >= 0.6 is 15.9 Å². The van der Waals surface area contributed by atoms with Crippen LogP contribution in [0.3, 0.4) is 0 Å². The van der Waals surface area contributed by atoms with Crippen molar-refractivity contribution in [3.8, 4) is 0 Å². The second-order valence-corrected chi connectivity index (χ2v) is 7.51. The van der Waals surface area contributed by atoms with E-state index in [9.17, 15) is 18.0 Å². The van der Waals surface area contributed by atoms with Crippen LogP contribution in [0.1, 0.15) is 16.9 Å². The number of fused-ring (bicyclic) bond motifs is 1. The maximum Gasteiger partial charge on any atom is 0.401 e. The van der Waals surface area contributed by atoms with Crippen molar-refractivity contribution < 1.29 is 22.7 Å². The van der Waals surface area contributed by atoms with Gasteiger partial charge in [0.1, 0.15) is 0 Å². The van der Waals surface area contributed by atoms with Crippen molar-refractivity contribution in [2.75, 3.05) is 38.6 Å². The van der Waals surface area contributed by atoms with Gasteiger partial charge in [0.25, 0.3) is 0 Å². The van der Waals surface area contributed by atoms with E-state index in [1.807, 2.05) is 12.1 Å². The zero-order valence-corrected chi connectivity index (χ0v) is 16.2. The molecular weight excluding hydrogens is 427 g/mol. The number of pyridine rings is 1. The largest absolute Gasteiger partial charge is 0.464 e. The van der Waals surface area contributed by atoms with Crippen LogP contribution in [0.2, 0.25) is 0 Å². The molecule has 1 saturated heterocycles. The number of esters is 1. The zero-order valence-electron chi connectivity index (χ0n) is 14.6. The van der Waals surface area contributed by atoms with Crippen LogP contribution < -0.4 is 5.32 Å². The van der Waals surface area contributed by atoms with Gasteiger partial charge in [-0.1, -0.05) is 15.9 Å². The lowest BCUT2D eigenvalue weighted by atomic mass is 10.1. The average molecular weight is 446 g/mol. The first-order chi connectivity index (χ1) is 12.7. The molecule has 0 amide bonds. The normalized spacial score (nSPS) is 18.0. The van der Waals surface area contributed by atoms with Crippen molar-refractivity contribution in [1.29, 1.82) is 0 Å². The molecule has 1 N–H and O–H groups in total. The molecule has 2 heterocycles. The van der Waals surface area contributed by atoms with Crippen LogP contribution in [0.4, 0.5) is 18.9 Å². The Kier molecular flexibility index (Phi) is 5.90. The van der Waals surface area contributed by atoms with Gasteiger partial charge in [-0.05, 0) is 43.1 Å². The molecule has 0 spiro atoms. The van der Waals surface area contributed by atoms with E-state index < -0.39 is 18.7 Å². The van der Waals surface area contributed by atoms with Gasteiger partial charge in [-0.3, -0.25) is 4.90 Å². The molecule has 1 unspecified atom stereocenters. The SMILES string of the molecule is COC(=O)c1cc(NCC2CCN(CC(F)(F)F)C2)c2cc(Br)ccc2n1. The molecule has 2 aromatic rings. The van der Waals surface area contributed by atoms with Crippen molar-refractivity contribution in [3.05, 3.63) is 34.4 Å². The molecule has 1 aliphatic heterocycles. The van der Waals surface area contributed by atoms with Crippen molar-refractivity contribution >= 4 is 38.5 Å². The minimum atomic E-state index is -4.18. The quantitative estimate of drug-likeness (QED) is 0.702. The van der Waals surface area contributed by atoms with E-state index in [1.165, 1.54) is 12.0 Å². The highest BCUT2D eigenvalue weighted by atomic mass is 79.9. The van der Waals surface area contributed by atoms with Crippen LogP contribution in [-0.4, -0.2) is 55.3 Å². The highest BCUT2D eigenvalue weighted by Gasteiger charge is 2.34. The van der Waals surface area contributed by atoms with Crippen LogP contribution in [-0.2, 0) is 4.74 Å². The Morgan fingerprint density at radius 1 is 1.41 bits per heavy atom. The van der Waals surface area contributed by atoms with E-state index in [0.29, 0.717) is 37.3 Å². The minimum absolute atomic E-state index is 0.101. The third kappa shape index (κ3) is 5.10. The predicted molar refractivity (Wildman–Crippen MR) is 99.9 cm³/mol. The molecule has 1 fully saturated rings. The summed E-state index contributed by atoms with van der Waals surface area (Å²) in [5, 5.41) is 4.10. The maximum absolute atomic E-state index is 12.5. The topological polar surface area (TPSA) is 54.5 Å². The third-order valence-corrected chi connectivity index (χ3v) is 5.01. The third-order valence-electron chi connectivity index (χ3n) is 4.52. The molecule has 27 heavy (non-hydrogen) atoms. The van der Waals surface area contributed by atoms with Crippen LogP contribution in [0, 0.1) is 5.92 Å². The summed E-state index contributed by atoms with van der Waals surface area (Å²) in [7, 11) is 1.29. The number of carbonyl (C=O) groups excluding carboxylic acids is 1. The number of halogens is 4. The lowest BCUT2D eigenvalue weighted by molar-refractivity contribution is -0.143. The van der Waals surface area contributed by atoms with Gasteiger partial charge in [0.05, 0.1) is 19.2 Å². The predicted octanol–water partition coefficient (Wildman–Crippen LogP) is 4.08. The van der Waals surface area contributed by atoms with E-state index in [1.54, 1.807) is 12.1 Å². The summed E-state index contributed by atoms with van der Waals surface area (Å²) in [5.41, 5.74) is 1.52. The highest BCUT2D eigenvalue weighted by Crippen LogP contribution is 2.28. The Labute approximate surface area is 163 Å². The van der Waals surface area contributed by atoms with Crippen molar-refractivity contribution in [3.63, 3.8) is 0 Å². The van der Waals surface area contributed by atoms with Gasteiger partial charge in [-0.15, -0.1) is 0 Å². The number of nitrogens with zero attached hydrogens (tertiary/aromatic N) is 2. The Hall–Kier alpha value is -1.87. The number of ether oxygens (including phenoxy) is 1. The fourth-order valence-electron chi connectivity index (χ4n) is 3.28. The number of carbonyl (C=O) groups is 1. The number of anilines is 1. The molecular formula is C18H19BrF3N3O2. The first-order valence-electron chi connectivity index (χ1n) is 8.47. The number of aromatic nitrogens is 1. The molecule has 1 aliphatic rings. The highest BCUT2D eigenvalue weighted by molar-refractivity contribution is 9.10. The average Bonchev–Trinajstić information content (AvgIpc) is 3.04. The second-order valence-electron chi connectivity index (χ2n) is 6.59. The molecule has 0 radical (unpaired) electrons. The van der Waals surface area contributed by atoms with Crippen molar-refractivity contribution in [2.45, 2.75) is 12.6 Å². The molecule has 0 saturated carbocycles. The van der Waals surface area contributed by atoms with Gasteiger partial charge in [0, 0.05) is 28.6 Å². The molecule has 3 rings (SSSR count). The zero-order chi connectivity index (χ0) is 19.6. The summed E-state index contributed by atoms with van der Waals surface area (Å²) >= 11 is 3.42. The number of hydrogen-bond acceptors (Lipinski definition) is 5. The number of likely N-dealkylation sites (tertiary alicyclic amines) is 1. The van der Waals surface area contributed by atoms with Crippen LogP contribution in [0.15, 0.2) is 28.7 Å². The molecule has 0 bridgehead atoms. The summed E-state index contributed by atoms with van der Waals surface area (Å²) in [6, 6.07) is 7.11. The number of rotatable bonds is 5. The number of benzene rings is 1. The molecule has 0 aliphatic carbocycles. The Balaban J connectivity index is 1.76.